The first-order valence-electron chi connectivity index (χ1n) is 9.11. The van der Waals surface area contributed by atoms with Gasteiger partial charge in [-0.2, -0.15) is 11.8 Å². The quantitative estimate of drug-likeness (QED) is 0.564. The number of hydrogen-bond acceptors (Lipinski definition) is 3. The number of thioether (sulfide) groups is 1. The van der Waals surface area contributed by atoms with E-state index in [-0.39, 0.29) is 11.8 Å². The van der Waals surface area contributed by atoms with Gasteiger partial charge in [-0.15, -0.1) is 0 Å². The smallest absolute Gasteiger partial charge is 0.253 e. The summed E-state index contributed by atoms with van der Waals surface area (Å²) in [4.78, 5) is 25.1. The van der Waals surface area contributed by atoms with Crippen molar-refractivity contribution >= 4 is 39.5 Å². The molecule has 2 amide bonds. The lowest BCUT2D eigenvalue weighted by Crippen LogP contribution is -2.47. The molecular weight excluding hydrogens is 412 g/mol. The fourth-order valence-corrected chi connectivity index (χ4v) is 3.92. The van der Waals surface area contributed by atoms with Crippen molar-refractivity contribution in [2.24, 2.45) is 0 Å². The molecule has 0 aliphatic heterocycles. The van der Waals surface area contributed by atoms with Crippen LogP contribution in [-0.4, -0.2) is 36.4 Å². The maximum absolute atomic E-state index is 12.6. The van der Waals surface area contributed by atoms with Crippen LogP contribution in [0.4, 0.5) is 0 Å². The predicted molar refractivity (Wildman–Crippen MR) is 113 cm³/mol. The summed E-state index contributed by atoms with van der Waals surface area (Å²) >= 11 is 5.06. The fourth-order valence-electron chi connectivity index (χ4n) is 2.99. The van der Waals surface area contributed by atoms with Crippen LogP contribution in [0.3, 0.4) is 0 Å². The Morgan fingerprint density at radius 2 is 2.08 bits per heavy atom. The number of hydrogen-bond donors (Lipinski definition) is 2. The normalized spacial score (nSPS) is 15.1. The molecule has 2 rings (SSSR count). The maximum atomic E-state index is 12.6. The molecule has 0 fully saturated rings. The van der Waals surface area contributed by atoms with Crippen LogP contribution in [-0.2, 0) is 4.79 Å². The van der Waals surface area contributed by atoms with Crippen LogP contribution in [0.2, 0.25) is 0 Å². The molecule has 2 N–H and O–H groups in total. The number of benzene rings is 1. The van der Waals surface area contributed by atoms with Gasteiger partial charge in [0.1, 0.15) is 6.04 Å². The Morgan fingerprint density at radius 3 is 2.77 bits per heavy atom. The lowest BCUT2D eigenvalue weighted by atomic mass is 9.97. The topological polar surface area (TPSA) is 58.2 Å². The van der Waals surface area contributed by atoms with E-state index in [2.05, 4.69) is 32.6 Å². The summed E-state index contributed by atoms with van der Waals surface area (Å²) in [6.45, 7) is 0.630. The Labute approximate surface area is 168 Å². The van der Waals surface area contributed by atoms with Crippen molar-refractivity contribution < 1.29 is 9.59 Å². The average Bonchev–Trinajstić information content (AvgIpc) is 2.66. The minimum absolute atomic E-state index is 0.101. The molecule has 1 aliphatic carbocycles. The van der Waals surface area contributed by atoms with Gasteiger partial charge in [-0.25, -0.2) is 0 Å². The third-order valence-corrected chi connectivity index (χ3v) is 5.82. The van der Waals surface area contributed by atoms with E-state index in [1.54, 1.807) is 17.8 Å². The SMILES string of the molecule is CSCCC(NC(=O)c1ccccc1Br)C(=O)NCCC1=CCCCC1. The number of nitrogens with one attached hydrogen (secondary N) is 2. The summed E-state index contributed by atoms with van der Waals surface area (Å²) in [5.74, 6) is 0.490. The number of rotatable bonds is 9. The molecule has 4 nitrogen and oxygen atoms in total. The molecule has 0 saturated heterocycles. The Bertz CT molecular complexity index is 648. The molecular formula is C20H27BrN2O2S. The molecule has 0 saturated carbocycles. The van der Waals surface area contributed by atoms with E-state index in [0.717, 1.165) is 29.5 Å². The second kappa shape index (κ2) is 11.4. The summed E-state index contributed by atoms with van der Waals surface area (Å²) in [5.41, 5.74) is 1.98. The van der Waals surface area contributed by atoms with Crippen molar-refractivity contribution in [3.05, 3.63) is 46.0 Å². The first kappa shape index (κ1) is 21.0. The van der Waals surface area contributed by atoms with Gasteiger partial charge in [-0.3, -0.25) is 9.59 Å². The van der Waals surface area contributed by atoms with Gasteiger partial charge in [0.15, 0.2) is 0 Å². The second-order valence-electron chi connectivity index (χ2n) is 6.44. The van der Waals surface area contributed by atoms with Crippen molar-refractivity contribution in [3.63, 3.8) is 0 Å². The molecule has 1 atom stereocenters. The summed E-state index contributed by atoms with van der Waals surface area (Å²) < 4.78 is 0.728. The van der Waals surface area contributed by atoms with Crippen LogP contribution in [0.5, 0.6) is 0 Å². The lowest BCUT2D eigenvalue weighted by molar-refractivity contribution is -0.122. The lowest BCUT2D eigenvalue weighted by Gasteiger charge is -2.19. The molecule has 0 spiro atoms. The van der Waals surface area contributed by atoms with Gasteiger partial charge in [-0.1, -0.05) is 23.8 Å². The second-order valence-corrected chi connectivity index (χ2v) is 8.28. The van der Waals surface area contributed by atoms with Crippen molar-refractivity contribution in [1.82, 2.24) is 10.6 Å². The monoisotopic (exact) mass is 438 g/mol. The van der Waals surface area contributed by atoms with Crippen molar-refractivity contribution in [2.45, 2.75) is 44.6 Å². The van der Waals surface area contributed by atoms with Gasteiger partial charge in [0.25, 0.3) is 5.91 Å². The highest BCUT2D eigenvalue weighted by Crippen LogP contribution is 2.19. The van der Waals surface area contributed by atoms with Gasteiger partial charge >= 0.3 is 0 Å². The highest BCUT2D eigenvalue weighted by Gasteiger charge is 2.21. The van der Waals surface area contributed by atoms with E-state index in [4.69, 9.17) is 0 Å². The van der Waals surface area contributed by atoms with Crippen LogP contribution in [0.25, 0.3) is 0 Å². The highest BCUT2D eigenvalue weighted by molar-refractivity contribution is 9.10. The molecule has 1 unspecified atom stereocenters. The molecule has 1 aromatic rings. The van der Waals surface area contributed by atoms with Gasteiger partial charge in [0, 0.05) is 11.0 Å². The standard InChI is InChI=1S/C20H27BrN2O2S/c1-26-14-12-18(23-19(24)16-9-5-6-10-17(16)21)20(25)22-13-11-15-7-3-2-4-8-15/h5-7,9-10,18H,2-4,8,11-14H2,1H3,(H,22,25)(H,23,24). The molecule has 0 heterocycles. The Morgan fingerprint density at radius 1 is 1.27 bits per heavy atom. The van der Waals surface area contributed by atoms with Gasteiger partial charge < -0.3 is 10.6 Å². The summed E-state index contributed by atoms with van der Waals surface area (Å²) in [6.07, 6.45) is 10.6. The maximum Gasteiger partial charge on any atom is 0.253 e. The third kappa shape index (κ3) is 6.80. The Hall–Kier alpha value is -1.27. The Kier molecular flexibility index (Phi) is 9.26. The predicted octanol–water partition coefficient (Wildman–Crippen LogP) is 4.31. The highest BCUT2D eigenvalue weighted by atomic mass is 79.9. The third-order valence-electron chi connectivity index (χ3n) is 4.48. The largest absolute Gasteiger partial charge is 0.354 e. The number of halogens is 1. The Balaban J connectivity index is 1.90. The summed E-state index contributed by atoms with van der Waals surface area (Å²) in [6, 6.07) is 6.73. The molecule has 1 aromatic carbocycles. The van der Waals surface area contributed by atoms with E-state index in [1.165, 1.54) is 18.4 Å². The zero-order valence-corrected chi connectivity index (χ0v) is 17.6. The summed E-state index contributed by atoms with van der Waals surface area (Å²) in [7, 11) is 0. The summed E-state index contributed by atoms with van der Waals surface area (Å²) in [5, 5.41) is 5.88. The van der Waals surface area contributed by atoms with Crippen molar-refractivity contribution in [1.29, 1.82) is 0 Å². The average molecular weight is 439 g/mol. The minimum Gasteiger partial charge on any atom is -0.354 e. The number of carbonyl (C=O) groups is 2. The van der Waals surface area contributed by atoms with Gasteiger partial charge in [-0.05, 0) is 78.6 Å². The molecule has 142 valence electrons. The minimum atomic E-state index is -0.512. The molecule has 26 heavy (non-hydrogen) atoms. The van der Waals surface area contributed by atoms with Crippen LogP contribution in [0, 0.1) is 0 Å². The number of allylic oxidation sites excluding steroid dienone is 1. The van der Waals surface area contributed by atoms with Crippen LogP contribution < -0.4 is 10.6 Å². The van der Waals surface area contributed by atoms with Crippen molar-refractivity contribution in [2.75, 3.05) is 18.6 Å². The van der Waals surface area contributed by atoms with E-state index in [9.17, 15) is 9.59 Å². The van der Waals surface area contributed by atoms with E-state index >= 15 is 0 Å². The molecule has 0 bridgehead atoms. The zero-order chi connectivity index (χ0) is 18.8. The molecule has 6 heteroatoms. The van der Waals surface area contributed by atoms with Gasteiger partial charge in [0.2, 0.25) is 5.91 Å². The molecule has 0 radical (unpaired) electrons. The first-order valence-corrected chi connectivity index (χ1v) is 11.3. The van der Waals surface area contributed by atoms with E-state index in [0.29, 0.717) is 18.5 Å². The van der Waals surface area contributed by atoms with E-state index in [1.807, 2.05) is 24.5 Å². The fraction of sp³-hybridized carbons (Fsp3) is 0.500. The van der Waals surface area contributed by atoms with Crippen molar-refractivity contribution in [3.8, 4) is 0 Å². The zero-order valence-electron chi connectivity index (χ0n) is 15.2. The van der Waals surface area contributed by atoms with Crippen LogP contribution >= 0.6 is 27.7 Å². The molecule has 1 aliphatic rings. The van der Waals surface area contributed by atoms with Gasteiger partial charge in [0.05, 0.1) is 5.56 Å². The molecule has 0 aromatic heterocycles. The number of amides is 2. The van der Waals surface area contributed by atoms with Crippen LogP contribution in [0.15, 0.2) is 40.4 Å². The van der Waals surface area contributed by atoms with E-state index < -0.39 is 6.04 Å². The number of carbonyl (C=O) groups excluding carboxylic acids is 2. The van der Waals surface area contributed by atoms with Crippen LogP contribution in [0.1, 0.15) is 48.9 Å². The first-order chi connectivity index (χ1) is 12.6.